The van der Waals surface area contributed by atoms with Gasteiger partial charge in [-0.15, -0.1) is 0 Å². The molecule has 5 heteroatoms. The van der Waals surface area contributed by atoms with Gasteiger partial charge in [-0.1, -0.05) is 35.5 Å². The second-order valence-electron chi connectivity index (χ2n) is 5.18. The van der Waals surface area contributed by atoms with Crippen molar-refractivity contribution in [3.05, 3.63) is 40.5 Å². The zero-order chi connectivity index (χ0) is 14.1. The van der Waals surface area contributed by atoms with Crippen molar-refractivity contribution >= 4 is 23.4 Å². The second kappa shape index (κ2) is 5.80. The maximum Gasteiger partial charge on any atom is 0.103 e. The van der Waals surface area contributed by atoms with Crippen molar-refractivity contribution in [1.82, 2.24) is 15.1 Å². The molecule has 1 aliphatic rings. The molecule has 3 rings (SSSR count). The summed E-state index contributed by atoms with van der Waals surface area (Å²) in [6.07, 6.45) is 2.60. The third-order valence-corrected chi connectivity index (χ3v) is 5.20. The lowest BCUT2D eigenvalue weighted by molar-refractivity contribution is 0.658. The normalized spacial score (nSPS) is 14.8. The first-order valence-electron chi connectivity index (χ1n) is 6.83. The highest BCUT2D eigenvalue weighted by atomic mass is 35.5. The van der Waals surface area contributed by atoms with Crippen molar-refractivity contribution in [2.24, 2.45) is 7.05 Å². The van der Waals surface area contributed by atoms with Crippen LogP contribution in [-0.2, 0) is 13.6 Å². The van der Waals surface area contributed by atoms with Crippen LogP contribution in [0.5, 0.6) is 0 Å². The van der Waals surface area contributed by atoms with Crippen LogP contribution in [0.2, 0.25) is 5.02 Å². The number of rotatable bonds is 5. The number of aromatic nitrogens is 2. The molecule has 0 saturated heterocycles. The molecule has 0 spiro atoms. The lowest BCUT2D eigenvalue weighted by Gasteiger charge is -2.08. The summed E-state index contributed by atoms with van der Waals surface area (Å²) in [5.41, 5.74) is 2.37. The summed E-state index contributed by atoms with van der Waals surface area (Å²) in [6, 6.07) is 8.64. The smallest absolute Gasteiger partial charge is 0.103 e. The van der Waals surface area contributed by atoms with E-state index in [1.54, 1.807) is 11.8 Å². The van der Waals surface area contributed by atoms with Crippen molar-refractivity contribution in [3.8, 4) is 0 Å². The standard InChI is InChI=1S/C15H18ClN3S/c1-10-12(9-17-11-7-8-11)15(19(2)18-10)20-14-6-4-3-5-13(14)16/h3-6,11,17H,7-9H2,1-2H3. The third kappa shape index (κ3) is 3.03. The Morgan fingerprint density at radius 1 is 1.40 bits per heavy atom. The van der Waals surface area contributed by atoms with E-state index in [2.05, 4.69) is 17.3 Å². The van der Waals surface area contributed by atoms with Gasteiger partial charge < -0.3 is 5.32 Å². The largest absolute Gasteiger partial charge is 0.310 e. The van der Waals surface area contributed by atoms with Crippen LogP contribution < -0.4 is 5.32 Å². The minimum atomic E-state index is 0.702. The molecule has 0 atom stereocenters. The Bertz CT molecular complexity index is 620. The Morgan fingerprint density at radius 2 is 2.15 bits per heavy atom. The molecule has 1 fully saturated rings. The van der Waals surface area contributed by atoms with E-state index in [4.69, 9.17) is 11.6 Å². The summed E-state index contributed by atoms with van der Waals surface area (Å²) in [5, 5.41) is 10.1. The number of benzene rings is 1. The van der Waals surface area contributed by atoms with E-state index in [1.165, 1.54) is 23.4 Å². The molecule has 0 bridgehead atoms. The molecule has 106 valence electrons. The molecule has 0 aliphatic heterocycles. The number of nitrogens with zero attached hydrogens (tertiary/aromatic N) is 2. The molecule has 1 saturated carbocycles. The van der Waals surface area contributed by atoms with Crippen LogP contribution in [0.4, 0.5) is 0 Å². The number of hydrogen-bond donors (Lipinski definition) is 1. The highest BCUT2D eigenvalue weighted by molar-refractivity contribution is 7.99. The fourth-order valence-corrected chi connectivity index (χ4v) is 3.47. The van der Waals surface area contributed by atoms with Crippen molar-refractivity contribution in [1.29, 1.82) is 0 Å². The van der Waals surface area contributed by atoms with E-state index in [0.717, 1.165) is 22.2 Å². The van der Waals surface area contributed by atoms with Crippen LogP contribution in [0.25, 0.3) is 0 Å². The first-order chi connectivity index (χ1) is 9.65. The second-order valence-corrected chi connectivity index (χ2v) is 6.62. The average molecular weight is 308 g/mol. The highest BCUT2D eigenvalue weighted by Crippen LogP contribution is 2.36. The molecule has 0 unspecified atom stereocenters. The van der Waals surface area contributed by atoms with Crippen LogP contribution in [0.1, 0.15) is 24.1 Å². The van der Waals surface area contributed by atoms with Gasteiger partial charge in [-0.05, 0) is 31.9 Å². The summed E-state index contributed by atoms with van der Waals surface area (Å²) in [6.45, 7) is 2.96. The molecule has 2 aromatic rings. The molecule has 0 radical (unpaired) electrons. The summed E-state index contributed by atoms with van der Waals surface area (Å²) in [5.74, 6) is 0. The molecule has 3 nitrogen and oxygen atoms in total. The maximum atomic E-state index is 6.26. The minimum Gasteiger partial charge on any atom is -0.310 e. The van der Waals surface area contributed by atoms with Crippen molar-refractivity contribution in [2.75, 3.05) is 0 Å². The van der Waals surface area contributed by atoms with E-state index in [0.29, 0.717) is 6.04 Å². The molecule has 20 heavy (non-hydrogen) atoms. The van der Waals surface area contributed by atoms with E-state index < -0.39 is 0 Å². The Labute approximate surface area is 128 Å². The van der Waals surface area contributed by atoms with Gasteiger partial charge in [0, 0.05) is 30.1 Å². The quantitative estimate of drug-likeness (QED) is 0.911. The van der Waals surface area contributed by atoms with E-state index in [9.17, 15) is 0 Å². The number of halogens is 1. The molecule has 0 amide bonds. The molecule has 1 heterocycles. The number of aryl methyl sites for hydroxylation is 2. The van der Waals surface area contributed by atoms with Gasteiger partial charge in [0.25, 0.3) is 0 Å². The molecular formula is C15H18ClN3S. The Kier molecular flexibility index (Phi) is 4.06. The molecule has 1 N–H and O–H groups in total. The van der Waals surface area contributed by atoms with Crippen molar-refractivity contribution in [3.63, 3.8) is 0 Å². The highest BCUT2D eigenvalue weighted by Gasteiger charge is 2.22. The van der Waals surface area contributed by atoms with E-state index >= 15 is 0 Å². The number of nitrogens with one attached hydrogen (secondary N) is 1. The van der Waals surface area contributed by atoms with Crippen LogP contribution in [0, 0.1) is 6.92 Å². The van der Waals surface area contributed by atoms with Gasteiger partial charge in [0.05, 0.1) is 10.7 Å². The lowest BCUT2D eigenvalue weighted by atomic mass is 10.2. The van der Waals surface area contributed by atoms with Gasteiger partial charge in [-0.25, -0.2) is 0 Å². The molecular weight excluding hydrogens is 290 g/mol. The third-order valence-electron chi connectivity index (χ3n) is 3.48. The van der Waals surface area contributed by atoms with Crippen LogP contribution in [0.3, 0.4) is 0 Å². The van der Waals surface area contributed by atoms with Crippen LogP contribution in [0.15, 0.2) is 34.2 Å². The first-order valence-corrected chi connectivity index (χ1v) is 8.03. The predicted molar refractivity (Wildman–Crippen MR) is 83.4 cm³/mol. The van der Waals surface area contributed by atoms with E-state index in [1.807, 2.05) is 36.0 Å². The summed E-state index contributed by atoms with van der Waals surface area (Å²) >= 11 is 7.95. The molecule has 1 aromatic carbocycles. The minimum absolute atomic E-state index is 0.702. The van der Waals surface area contributed by atoms with E-state index in [-0.39, 0.29) is 0 Å². The fourth-order valence-electron chi connectivity index (χ4n) is 2.18. The Hall–Kier alpha value is -0.970. The van der Waals surface area contributed by atoms with Crippen LogP contribution in [-0.4, -0.2) is 15.8 Å². The average Bonchev–Trinajstić information content (AvgIpc) is 3.19. The summed E-state index contributed by atoms with van der Waals surface area (Å²) in [4.78, 5) is 1.07. The maximum absolute atomic E-state index is 6.26. The fraction of sp³-hybridized carbons (Fsp3) is 0.400. The molecule has 1 aliphatic carbocycles. The van der Waals surface area contributed by atoms with Crippen molar-refractivity contribution in [2.45, 2.75) is 42.3 Å². The SMILES string of the molecule is Cc1nn(C)c(Sc2ccccc2Cl)c1CNC1CC1. The zero-order valence-electron chi connectivity index (χ0n) is 11.7. The number of hydrogen-bond acceptors (Lipinski definition) is 3. The summed E-state index contributed by atoms with van der Waals surface area (Å²) < 4.78 is 1.95. The first kappa shape index (κ1) is 14.0. The van der Waals surface area contributed by atoms with Gasteiger partial charge >= 0.3 is 0 Å². The zero-order valence-corrected chi connectivity index (χ0v) is 13.3. The predicted octanol–water partition coefficient (Wildman–Crippen LogP) is 3.79. The van der Waals surface area contributed by atoms with Crippen LogP contribution >= 0.6 is 23.4 Å². The molecule has 1 aromatic heterocycles. The van der Waals surface area contributed by atoms with Crippen molar-refractivity contribution < 1.29 is 0 Å². The van der Waals surface area contributed by atoms with Gasteiger partial charge in [0.1, 0.15) is 5.03 Å². The Morgan fingerprint density at radius 3 is 2.85 bits per heavy atom. The van der Waals surface area contributed by atoms with Gasteiger partial charge in [0.2, 0.25) is 0 Å². The van der Waals surface area contributed by atoms with Gasteiger partial charge in [0.15, 0.2) is 0 Å². The lowest BCUT2D eigenvalue weighted by Crippen LogP contribution is -2.16. The topological polar surface area (TPSA) is 29.9 Å². The Balaban J connectivity index is 1.85. The summed E-state index contributed by atoms with van der Waals surface area (Å²) in [7, 11) is 1.99. The van der Waals surface area contributed by atoms with Gasteiger partial charge in [-0.2, -0.15) is 5.10 Å². The monoisotopic (exact) mass is 307 g/mol. The van der Waals surface area contributed by atoms with Gasteiger partial charge in [-0.3, -0.25) is 4.68 Å².